The molecule has 1 fully saturated rings. The van der Waals surface area contributed by atoms with Gasteiger partial charge in [0, 0.05) is 10.6 Å². The summed E-state index contributed by atoms with van der Waals surface area (Å²) >= 11 is 5.89. The van der Waals surface area contributed by atoms with Crippen molar-refractivity contribution in [2.45, 2.75) is 31.4 Å². The fourth-order valence-electron chi connectivity index (χ4n) is 2.97. The number of aliphatic carboxylic acids is 1. The Hall–Kier alpha value is -2.21. The van der Waals surface area contributed by atoms with Crippen molar-refractivity contribution in [2.75, 3.05) is 6.61 Å². The summed E-state index contributed by atoms with van der Waals surface area (Å²) in [5.41, 5.74) is 1.57. The van der Waals surface area contributed by atoms with Crippen LogP contribution in [0, 0.1) is 5.92 Å². The molecular weight excluding hydrogens is 381 g/mol. The largest absolute Gasteiger partial charge is 0.483 e. The van der Waals surface area contributed by atoms with Crippen LogP contribution in [0.3, 0.4) is 0 Å². The molecule has 0 aliphatic heterocycles. The summed E-state index contributed by atoms with van der Waals surface area (Å²) in [5.74, 6) is -1.19. The minimum absolute atomic E-state index is 0.0500. The molecule has 0 bridgehead atoms. The van der Waals surface area contributed by atoms with E-state index >= 15 is 0 Å². The number of carbonyl (C=O) groups is 1. The van der Waals surface area contributed by atoms with E-state index in [2.05, 4.69) is 0 Å². The van der Waals surface area contributed by atoms with E-state index in [9.17, 15) is 23.1 Å². The first-order valence-corrected chi connectivity index (χ1v) is 8.93. The number of alkyl halides is 3. The molecule has 0 heterocycles. The molecule has 1 unspecified atom stereocenters. The Labute approximate surface area is 159 Å². The summed E-state index contributed by atoms with van der Waals surface area (Å²) < 4.78 is 42.7. The van der Waals surface area contributed by atoms with Crippen LogP contribution in [0.2, 0.25) is 5.02 Å². The minimum atomic E-state index is -4.47. The van der Waals surface area contributed by atoms with E-state index in [1.54, 1.807) is 30.3 Å². The van der Waals surface area contributed by atoms with E-state index in [4.69, 9.17) is 16.3 Å². The van der Waals surface area contributed by atoms with Crippen molar-refractivity contribution >= 4 is 17.6 Å². The maximum Gasteiger partial charge on any atom is 0.422 e. The molecule has 1 aliphatic carbocycles. The molecule has 0 aromatic heterocycles. The average Bonchev–Trinajstić information content (AvgIpc) is 3.42. The van der Waals surface area contributed by atoms with Gasteiger partial charge in [0.05, 0.1) is 5.92 Å². The van der Waals surface area contributed by atoms with Crippen molar-refractivity contribution in [1.29, 1.82) is 0 Å². The first-order valence-electron chi connectivity index (χ1n) is 8.55. The Morgan fingerprint density at radius 1 is 1.19 bits per heavy atom. The van der Waals surface area contributed by atoms with Crippen molar-refractivity contribution < 1.29 is 27.8 Å². The zero-order chi connectivity index (χ0) is 19.6. The lowest BCUT2D eigenvalue weighted by molar-refractivity contribution is -0.153. The highest BCUT2D eigenvalue weighted by Crippen LogP contribution is 2.41. The highest BCUT2D eigenvalue weighted by Gasteiger charge is 2.32. The van der Waals surface area contributed by atoms with Crippen molar-refractivity contribution in [3.63, 3.8) is 0 Å². The Kier molecular flexibility index (Phi) is 5.65. The third kappa shape index (κ3) is 5.39. The smallest absolute Gasteiger partial charge is 0.422 e. The highest BCUT2D eigenvalue weighted by atomic mass is 35.5. The Morgan fingerprint density at radius 2 is 1.85 bits per heavy atom. The normalized spacial score (nSPS) is 15.4. The molecule has 2 aromatic rings. The Bertz CT molecular complexity index is 814. The van der Waals surface area contributed by atoms with Crippen LogP contribution in [0.1, 0.15) is 30.7 Å². The van der Waals surface area contributed by atoms with Gasteiger partial charge in [0.25, 0.3) is 0 Å². The van der Waals surface area contributed by atoms with Crippen molar-refractivity contribution in [3.05, 3.63) is 53.1 Å². The van der Waals surface area contributed by atoms with Gasteiger partial charge in [-0.15, -0.1) is 0 Å². The van der Waals surface area contributed by atoms with Gasteiger partial charge < -0.3 is 9.84 Å². The van der Waals surface area contributed by atoms with Gasteiger partial charge in [0.1, 0.15) is 5.75 Å². The van der Waals surface area contributed by atoms with Gasteiger partial charge in [0.2, 0.25) is 0 Å². The van der Waals surface area contributed by atoms with Crippen molar-refractivity contribution in [3.8, 4) is 16.9 Å². The molecule has 1 atom stereocenters. The second kappa shape index (κ2) is 7.80. The molecule has 2 aromatic carbocycles. The van der Waals surface area contributed by atoms with Crippen molar-refractivity contribution in [2.24, 2.45) is 5.92 Å². The minimum Gasteiger partial charge on any atom is -0.483 e. The van der Waals surface area contributed by atoms with Crippen LogP contribution in [-0.2, 0) is 4.79 Å². The number of carboxylic acid groups (broad SMARTS) is 1. The number of ether oxygens (including phenoxy) is 1. The molecule has 27 heavy (non-hydrogen) atoms. The average molecular weight is 399 g/mol. The van der Waals surface area contributed by atoms with Crippen LogP contribution in [0.15, 0.2) is 42.5 Å². The second-order valence-corrected chi connectivity index (χ2v) is 7.17. The summed E-state index contributed by atoms with van der Waals surface area (Å²) in [5, 5.41) is 10.1. The maximum absolute atomic E-state index is 12.6. The lowest BCUT2D eigenvalue weighted by Gasteiger charge is -2.18. The van der Waals surface area contributed by atoms with Gasteiger partial charge in [-0.3, -0.25) is 4.79 Å². The monoisotopic (exact) mass is 398 g/mol. The summed E-state index contributed by atoms with van der Waals surface area (Å²) in [6.07, 6.45) is -1.91. The van der Waals surface area contributed by atoms with E-state index in [0.717, 1.165) is 12.8 Å². The zero-order valence-corrected chi connectivity index (χ0v) is 15.1. The predicted molar refractivity (Wildman–Crippen MR) is 96.2 cm³/mol. The fraction of sp³-hybridized carbons (Fsp3) is 0.350. The number of halogens is 4. The van der Waals surface area contributed by atoms with Gasteiger partial charge in [-0.25, -0.2) is 0 Å². The van der Waals surface area contributed by atoms with E-state index < -0.39 is 24.7 Å². The second-order valence-electron chi connectivity index (χ2n) is 6.74. The van der Waals surface area contributed by atoms with Crippen LogP contribution >= 0.6 is 11.6 Å². The van der Waals surface area contributed by atoms with Crippen LogP contribution in [0.25, 0.3) is 11.1 Å². The predicted octanol–water partition coefficient (Wildman–Crippen LogP) is 5.92. The van der Waals surface area contributed by atoms with Crippen LogP contribution in [-0.4, -0.2) is 23.9 Å². The van der Waals surface area contributed by atoms with Crippen molar-refractivity contribution in [1.82, 2.24) is 0 Å². The quantitative estimate of drug-likeness (QED) is 0.630. The summed E-state index contributed by atoms with van der Waals surface area (Å²) in [7, 11) is 0. The fourth-order valence-corrected chi connectivity index (χ4v) is 3.10. The third-order valence-corrected chi connectivity index (χ3v) is 4.77. The van der Waals surface area contributed by atoms with Gasteiger partial charge in [-0.2, -0.15) is 13.2 Å². The van der Waals surface area contributed by atoms with E-state index in [1.165, 1.54) is 12.1 Å². The molecular formula is C20H18ClF3O3. The number of hydrogen-bond acceptors (Lipinski definition) is 2. The first kappa shape index (κ1) is 19.5. The van der Waals surface area contributed by atoms with E-state index in [1.807, 2.05) is 0 Å². The molecule has 1 aliphatic rings. The van der Waals surface area contributed by atoms with Gasteiger partial charge in [-0.1, -0.05) is 42.6 Å². The van der Waals surface area contributed by atoms with Gasteiger partial charge >= 0.3 is 12.1 Å². The topological polar surface area (TPSA) is 46.5 Å². The van der Waals surface area contributed by atoms with E-state index in [-0.39, 0.29) is 5.75 Å². The molecule has 3 rings (SSSR count). The SMILES string of the molecule is O=C(O)C(CC1CC1)c1ccc(OCC(F)(F)F)c(-c2ccc(Cl)cc2)c1. The summed E-state index contributed by atoms with van der Waals surface area (Å²) in [6.45, 7) is -1.42. The Balaban J connectivity index is 1.98. The number of benzene rings is 2. The number of hydrogen-bond donors (Lipinski definition) is 1. The molecule has 144 valence electrons. The van der Waals surface area contributed by atoms with Gasteiger partial charge in [-0.05, 0) is 47.7 Å². The lowest BCUT2D eigenvalue weighted by atomic mass is 9.90. The maximum atomic E-state index is 12.6. The number of rotatable bonds is 7. The summed E-state index contributed by atoms with van der Waals surface area (Å²) in [6, 6.07) is 11.1. The molecule has 0 radical (unpaired) electrons. The molecule has 1 N–H and O–H groups in total. The molecule has 0 saturated heterocycles. The highest BCUT2D eigenvalue weighted by molar-refractivity contribution is 6.30. The van der Waals surface area contributed by atoms with Crippen LogP contribution in [0.5, 0.6) is 5.75 Å². The molecule has 0 amide bonds. The first-order chi connectivity index (χ1) is 12.7. The molecule has 1 saturated carbocycles. The summed E-state index contributed by atoms with van der Waals surface area (Å²) in [4.78, 5) is 11.7. The van der Waals surface area contributed by atoms with E-state index in [0.29, 0.717) is 34.1 Å². The zero-order valence-electron chi connectivity index (χ0n) is 14.3. The lowest BCUT2D eigenvalue weighted by Crippen LogP contribution is -2.19. The third-order valence-electron chi connectivity index (χ3n) is 4.52. The molecule has 7 heteroatoms. The molecule has 0 spiro atoms. The van der Waals surface area contributed by atoms with Gasteiger partial charge in [0.15, 0.2) is 6.61 Å². The van der Waals surface area contributed by atoms with Crippen LogP contribution in [0.4, 0.5) is 13.2 Å². The Morgan fingerprint density at radius 3 is 2.41 bits per heavy atom. The molecule has 3 nitrogen and oxygen atoms in total. The standard InChI is InChI=1S/C20H18ClF3O3/c21-15-6-3-13(4-7-15)16-10-14(17(19(25)26)9-12-1-2-12)5-8-18(16)27-11-20(22,23)24/h3-8,10,12,17H,1-2,9,11H2,(H,25,26). The number of carboxylic acids is 1. The van der Waals surface area contributed by atoms with Crippen LogP contribution < -0.4 is 4.74 Å².